The number of carbonyl (C=O) groups is 2. The molecule has 0 spiro atoms. The number of thioether (sulfide) groups is 1. The van der Waals surface area contributed by atoms with Crippen molar-refractivity contribution in [3.8, 4) is 11.5 Å². The number of methoxy groups -OCH3 is 1. The fraction of sp³-hybridized carbons (Fsp3) is 0.136. The third kappa shape index (κ3) is 4.85. The Balaban J connectivity index is 1.62. The monoisotopic (exact) mass is 532 g/mol. The number of fused-ring (bicyclic) bond motifs is 1. The Bertz CT molecular complexity index is 1470. The first-order valence-corrected chi connectivity index (χ1v) is 12.9. The van der Waals surface area contributed by atoms with Crippen LogP contribution in [0.15, 0.2) is 58.1 Å². The molecule has 2 aliphatic rings. The lowest BCUT2D eigenvalue weighted by Gasteiger charge is -2.20. The van der Waals surface area contributed by atoms with E-state index in [4.69, 9.17) is 26.5 Å². The lowest BCUT2D eigenvalue weighted by atomic mass is 10.1. The number of carbonyl (C=O) groups excluding carboxylic acids is 2. The van der Waals surface area contributed by atoms with Crippen LogP contribution in [0, 0.1) is 5.41 Å². The van der Waals surface area contributed by atoms with Gasteiger partial charge in [0.15, 0.2) is 17.3 Å². The molecular weight excluding hydrogens is 516 g/mol. The number of hydrogen-bond donors (Lipinski definition) is 1. The van der Waals surface area contributed by atoms with Crippen molar-refractivity contribution in [2.24, 2.45) is 10.1 Å². The number of sulfone groups is 1. The summed E-state index contributed by atoms with van der Waals surface area (Å²) in [5, 5.41) is 13.6. The van der Waals surface area contributed by atoms with E-state index in [1.54, 1.807) is 24.3 Å². The number of halogens is 1. The highest BCUT2D eigenvalue weighted by Gasteiger charge is 2.39. The molecule has 2 heterocycles. The van der Waals surface area contributed by atoms with Crippen LogP contribution in [0.3, 0.4) is 0 Å². The SMILES string of the molecule is CCS(=O)(=O)C1=NN2C(=N)C(=Cc3ccc(OC(=O)c4ccccc4Cl)c(OC)c3)C(=O)N=C2S1. The van der Waals surface area contributed by atoms with Crippen molar-refractivity contribution in [2.75, 3.05) is 12.9 Å². The molecule has 180 valence electrons. The van der Waals surface area contributed by atoms with E-state index in [2.05, 4.69) is 10.1 Å². The summed E-state index contributed by atoms with van der Waals surface area (Å²) in [5.41, 5.74) is 0.533. The zero-order valence-corrected chi connectivity index (χ0v) is 20.7. The number of rotatable bonds is 5. The number of aliphatic imine (C=N–C) groups is 1. The number of nitrogens with one attached hydrogen (secondary N) is 1. The van der Waals surface area contributed by atoms with Crippen molar-refractivity contribution in [3.63, 3.8) is 0 Å². The molecule has 4 rings (SSSR count). The van der Waals surface area contributed by atoms with Crippen LogP contribution in [0.4, 0.5) is 0 Å². The molecule has 2 aromatic rings. The Morgan fingerprint density at radius 1 is 1.23 bits per heavy atom. The highest BCUT2D eigenvalue weighted by atomic mass is 35.5. The second-order valence-electron chi connectivity index (χ2n) is 7.07. The molecule has 0 saturated heterocycles. The standard InChI is InChI=1S/C22H17ClN4O6S2/c1-3-35(30,31)22-26-27-18(24)14(19(28)25-21(27)34-22)10-12-8-9-16(17(11-12)32-2)33-20(29)13-6-4-5-7-15(13)23/h4-11,24H,3H2,1-2H3. The summed E-state index contributed by atoms with van der Waals surface area (Å²) in [6.45, 7) is 1.47. The average molecular weight is 533 g/mol. The van der Waals surface area contributed by atoms with Gasteiger partial charge in [-0.25, -0.2) is 13.2 Å². The smallest absolute Gasteiger partial charge is 0.345 e. The van der Waals surface area contributed by atoms with Crippen molar-refractivity contribution in [1.29, 1.82) is 5.41 Å². The number of ether oxygens (including phenoxy) is 2. The van der Waals surface area contributed by atoms with E-state index in [1.165, 1.54) is 38.3 Å². The van der Waals surface area contributed by atoms with Gasteiger partial charge in [-0.05, 0) is 47.7 Å². The van der Waals surface area contributed by atoms with Crippen LogP contribution < -0.4 is 9.47 Å². The maximum absolute atomic E-state index is 12.6. The Labute approximate surface area is 209 Å². The fourth-order valence-electron chi connectivity index (χ4n) is 3.03. The van der Waals surface area contributed by atoms with Crippen molar-refractivity contribution in [1.82, 2.24) is 5.01 Å². The molecule has 0 unspecified atom stereocenters. The minimum Gasteiger partial charge on any atom is -0.493 e. The van der Waals surface area contributed by atoms with E-state index < -0.39 is 21.7 Å². The minimum atomic E-state index is -3.62. The molecule has 0 atom stereocenters. The van der Waals surface area contributed by atoms with Crippen LogP contribution in [-0.2, 0) is 14.6 Å². The van der Waals surface area contributed by atoms with Gasteiger partial charge < -0.3 is 9.47 Å². The third-order valence-corrected chi connectivity index (χ3v) is 8.30. The van der Waals surface area contributed by atoms with Gasteiger partial charge in [-0.15, -0.1) is 5.10 Å². The molecule has 0 aromatic heterocycles. The maximum Gasteiger partial charge on any atom is 0.345 e. The number of hydrazone groups is 1. The van der Waals surface area contributed by atoms with E-state index in [-0.39, 0.29) is 48.8 Å². The number of hydrogen-bond acceptors (Lipinski definition) is 9. The van der Waals surface area contributed by atoms with Crippen LogP contribution in [0.2, 0.25) is 5.02 Å². The summed E-state index contributed by atoms with van der Waals surface area (Å²) >= 11 is 6.78. The minimum absolute atomic E-state index is 0.00332. The number of nitrogens with zero attached hydrogens (tertiary/aromatic N) is 3. The second kappa shape index (κ2) is 9.64. The molecule has 0 saturated carbocycles. The van der Waals surface area contributed by atoms with E-state index in [9.17, 15) is 18.0 Å². The molecule has 35 heavy (non-hydrogen) atoms. The van der Waals surface area contributed by atoms with Crippen molar-refractivity contribution < 1.29 is 27.5 Å². The number of amidine groups is 2. The first-order chi connectivity index (χ1) is 16.6. The molecule has 2 aliphatic heterocycles. The molecule has 1 amide bonds. The van der Waals surface area contributed by atoms with Gasteiger partial charge in [0.25, 0.3) is 5.91 Å². The van der Waals surface area contributed by atoms with Gasteiger partial charge in [-0.3, -0.25) is 10.2 Å². The van der Waals surface area contributed by atoms with Gasteiger partial charge in [-0.2, -0.15) is 10.0 Å². The molecule has 0 radical (unpaired) electrons. The lowest BCUT2D eigenvalue weighted by molar-refractivity contribution is -0.114. The van der Waals surface area contributed by atoms with Gasteiger partial charge >= 0.3 is 5.97 Å². The largest absolute Gasteiger partial charge is 0.493 e. The summed E-state index contributed by atoms with van der Waals surface area (Å²) in [5.74, 6) is -1.55. The zero-order chi connectivity index (χ0) is 25.3. The molecule has 1 N–H and O–H groups in total. The average Bonchev–Trinajstić information content (AvgIpc) is 3.28. The first kappa shape index (κ1) is 24.6. The highest BCUT2D eigenvalue weighted by molar-refractivity contribution is 8.42. The predicted molar refractivity (Wildman–Crippen MR) is 134 cm³/mol. The van der Waals surface area contributed by atoms with Crippen LogP contribution in [-0.4, -0.2) is 53.5 Å². The topological polar surface area (TPSA) is 139 Å². The summed E-state index contributed by atoms with van der Waals surface area (Å²) < 4.78 is 34.8. The molecule has 2 aromatic carbocycles. The highest BCUT2D eigenvalue weighted by Crippen LogP contribution is 2.33. The second-order valence-corrected chi connectivity index (χ2v) is 10.9. The summed E-state index contributed by atoms with van der Waals surface area (Å²) in [7, 11) is -2.24. The fourth-order valence-corrected chi connectivity index (χ4v) is 5.41. The molecule has 10 nitrogen and oxygen atoms in total. The van der Waals surface area contributed by atoms with Crippen molar-refractivity contribution >= 4 is 66.5 Å². The summed E-state index contributed by atoms with van der Waals surface area (Å²) in [6.07, 6.45) is 1.39. The first-order valence-electron chi connectivity index (χ1n) is 10.0. The summed E-state index contributed by atoms with van der Waals surface area (Å²) in [4.78, 5) is 29.0. The number of amides is 1. The maximum atomic E-state index is 12.6. The Morgan fingerprint density at radius 2 is 1.97 bits per heavy atom. The zero-order valence-electron chi connectivity index (χ0n) is 18.3. The Kier molecular flexibility index (Phi) is 6.79. The van der Waals surface area contributed by atoms with Gasteiger partial charge in [0.2, 0.25) is 19.4 Å². The molecule has 0 bridgehead atoms. The number of benzene rings is 2. The van der Waals surface area contributed by atoms with Gasteiger partial charge in [-0.1, -0.05) is 36.7 Å². The number of esters is 1. The summed E-state index contributed by atoms with van der Waals surface area (Å²) in [6, 6.07) is 11.0. The molecular formula is C22H17ClN4O6S2. The Morgan fingerprint density at radius 3 is 2.66 bits per heavy atom. The van der Waals surface area contributed by atoms with Crippen LogP contribution >= 0.6 is 23.4 Å². The predicted octanol–water partition coefficient (Wildman–Crippen LogP) is 3.58. The van der Waals surface area contributed by atoms with Crippen LogP contribution in [0.5, 0.6) is 11.5 Å². The van der Waals surface area contributed by atoms with Crippen LogP contribution in [0.25, 0.3) is 6.08 Å². The van der Waals surface area contributed by atoms with E-state index in [1.807, 2.05) is 0 Å². The lowest BCUT2D eigenvalue weighted by Crippen LogP contribution is -2.35. The van der Waals surface area contributed by atoms with E-state index in [0.717, 1.165) is 16.8 Å². The van der Waals surface area contributed by atoms with Crippen molar-refractivity contribution in [3.05, 3.63) is 64.2 Å². The Hall–Kier alpha value is -3.48. The van der Waals surface area contributed by atoms with Gasteiger partial charge in [0.1, 0.15) is 0 Å². The van der Waals surface area contributed by atoms with Gasteiger partial charge in [0.05, 0.1) is 29.0 Å². The van der Waals surface area contributed by atoms with E-state index >= 15 is 0 Å². The molecule has 0 fully saturated rings. The van der Waals surface area contributed by atoms with Crippen LogP contribution in [0.1, 0.15) is 22.8 Å². The molecule has 13 heteroatoms. The normalized spacial score (nSPS) is 16.7. The van der Waals surface area contributed by atoms with Gasteiger partial charge in [0, 0.05) is 0 Å². The van der Waals surface area contributed by atoms with Crippen molar-refractivity contribution in [2.45, 2.75) is 6.92 Å². The quantitative estimate of drug-likeness (QED) is 0.350. The molecule has 0 aliphatic carbocycles. The van der Waals surface area contributed by atoms with E-state index in [0.29, 0.717) is 5.56 Å². The third-order valence-electron chi connectivity index (χ3n) is 4.88.